The van der Waals surface area contributed by atoms with Crippen molar-refractivity contribution in [3.8, 4) is 5.75 Å². The molecule has 12 N–H and O–H groups in total. The summed E-state index contributed by atoms with van der Waals surface area (Å²) in [5.41, 5.74) is 16.6. The van der Waals surface area contributed by atoms with Crippen molar-refractivity contribution in [2.75, 3.05) is 13.1 Å². The highest BCUT2D eigenvalue weighted by molar-refractivity contribution is 5.92. The van der Waals surface area contributed by atoms with Crippen molar-refractivity contribution in [2.24, 2.45) is 22.2 Å². The van der Waals surface area contributed by atoms with E-state index in [4.69, 9.17) is 17.2 Å². The van der Waals surface area contributed by atoms with Crippen molar-refractivity contribution < 1.29 is 34.5 Å². The fraction of sp³-hybridized carbons (Fsp3) is 0.476. The second-order valence-corrected chi connectivity index (χ2v) is 7.82. The van der Waals surface area contributed by atoms with Crippen molar-refractivity contribution in [1.82, 2.24) is 16.0 Å². The maximum atomic E-state index is 12.8. The first kappa shape index (κ1) is 29.1. The molecule has 4 atom stereocenters. The highest BCUT2D eigenvalue weighted by atomic mass is 16.4. The quantitative estimate of drug-likeness (QED) is 0.0712. The second-order valence-electron chi connectivity index (χ2n) is 7.82. The minimum atomic E-state index is -1.31. The van der Waals surface area contributed by atoms with Crippen LogP contribution in [0.25, 0.3) is 0 Å². The number of aromatic hydroxyl groups is 1. The number of nitrogens with zero attached hydrogens (tertiary/aromatic N) is 1. The number of nitrogens with one attached hydrogen (secondary N) is 3. The fourth-order valence-corrected chi connectivity index (χ4v) is 2.86. The van der Waals surface area contributed by atoms with Gasteiger partial charge in [0.05, 0.1) is 12.6 Å². The zero-order valence-corrected chi connectivity index (χ0v) is 19.3. The molecular formula is C21H33N7O7. The number of rotatable bonds is 14. The Morgan fingerprint density at radius 2 is 1.66 bits per heavy atom. The molecule has 14 heteroatoms. The third kappa shape index (κ3) is 11.2. The molecule has 4 unspecified atom stereocenters. The Morgan fingerprint density at radius 1 is 1.03 bits per heavy atom. The molecule has 0 aliphatic heterocycles. The number of benzene rings is 1. The zero-order valence-electron chi connectivity index (χ0n) is 19.3. The van der Waals surface area contributed by atoms with E-state index < -0.39 is 54.5 Å². The summed E-state index contributed by atoms with van der Waals surface area (Å²) in [4.78, 5) is 52.5. The van der Waals surface area contributed by atoms with Gasteiger partial charge in [-0.25, -0.2) is 4.79 Å². The molecule has 35 heavy (non-hydrogen) atoms. The number of hydrogen-bond donors (Lipinski definition) is 9. The van der Waals surface area contributed by atoms with E-state index in [0.29, 0.717) is 5.56 Å². The van der Waals surface area contributed by atoms with Gasteiger partial charge >= 0.3 is 5.97 Å². The van der Waals surface area contributed by atoms with Crippen LogP contribution in [0.3, 0.4) is 0 Å². The predicted octanol–water partition coefficient (Wildman–Crippen LogP) is -3.13. The molecule has 1 rings (SSSR count). The number of carboxylic acid groups (broad SMARTS) is 1. The van der Waals surface area contributed by atoms with Crippen LogP contribution >= 0.6 is 0 Å². The molecule has 0 bridgehead atoms. The Bertz CT molecular complexity index is 902. The van der Waals surface area contributed by atoms with Crippen molar-refractivity contribution in [3.63, 3.8) is 0 Å². The molecule has 14 nitrogen and oxygen atoms in total. The Balaban J connectivity index is 2.85. The lowest BCUT2D eigenvalue weighted by molar-refractivity contribution is -0.142. The van der Waals surface area contributed by atoms with Crippen LogP contribution in [0.15, 0.2) is 29.3 Å². The lowest BCUT2D eigenvalue weighted by Gasteiger charge is -2.22. The Kier molecular flexibility index (Phi) is 12.0. The van der Waals surface area contributed by atoms with Gasteiger partial charge in [0.1, 0.15) is 23.9 Å². The standard InChI is InChI=1S/C21H33N7O7/c1-11(29)17(22)19(33)26-10-16(31)27-14(3-2-8-25-21(23)24)18(32)28-15(20(34)35)9-12-4-6-13(30)7-5-12/h4-7,11,14-15,17,29-30H,2-3,8-10,22H2,1H3,(H,26,33)(H,27,31)(H,28,32)(H,34,35)(H4,23,24,25). The number of phenols is 1. The van der Waals surface area contributed by atoms with Crippen LogP contribution in [0.2, 0.25) is 0 Å². The number of carbonyl (C=O) groups excluding carboxylic acids is 3. The van der Waals surface area contributed by atoms with E-state index in [-0.39, 0.29) is 37.5 Å². The van der Waals surface area contributed by atoms with E-state index in [2.05, 4.69) is 20.9 Å². The summed E-state index contributed by atoms with van der Waals surface area (Å²) in [6, 6.07) is 2.12. The molecule has 3 amide bonds. The van der Waals surface area contributed by atoms with E-state index in [9.17, 15) is 34.5 Å². The van der Waals surface area contributed by atoms with Crippen LogP contribution < -0.4 is 33.2 Å². The van der Waals surface area contributed by atoms with Crippen LogP contribution in [0.1, 0.15) is 25.3 Å². The number of aliphatic carboxylic acids is 1. The Labute approximate surface area is 201 Å². The van der Waals surface area contributed by atoms with E-state index in [1.54, 1.807) is 0 Å². The zero-order chi connectivity index (χ0) is 26.5. The Hall–Kier alpha value is -3.91. The van der Waals surface area contributed by atoms with Crippen LogP contribution in [-0.4, -0.2) is 82.3 Å². The summed E-state index contributed by atoms with van der Waals surface area (Å²) < 4.78 is 0. The van der Waals surface area contributed by atoms with Gasteiger partial charge in [0.2, 0.25) is 17.7 Å². The molecule has 0 spiro atoms. The summed E-state index contributed by atoms with van der Waals surface area (Å²) in [7, 11) is 0. The first-order valence-electron chi connectivity index (χ1n) is 10.8. The minimum Gasteiger partial charge on any atom is -0.508 e. The van der Waals surface area contributed by atoms with Gasteiger partial charge < -0.3 is 48.5 Å². The highest BCUT2D eigenvalue weighted by Gasteiger charge is 2.27. The van der Waals surface area contributed by atoms with Gasteiger partial charge in [0.15, 0.2) is 5.96 Å². The predicted molar refractivity (Wildman–Crippen MR) is 126 cm³/mol. The molecule has 1 aromatic carbocycles. The van der Waals surface area contributed by atoms with Crippen LogP contribution in [0, 0.1) is 0 Å². The monoisotopic (exact) mass is 495 g/mol. The number of carbonyl (C=O) groups is 4. The molecule has 0 fully saturated rings. The number of nitrogens with two attached hydrogens (primary N) is 3. The lowest BCUT2D eigenvalue weighted by atomic mass is 10.0. The van der Waals surface area contributed by atoms with Gasteiger partial charge in [-0.15, -0.1) is 0 Å². The second kappa shape index (κ2) is 14.4. The van der Waals surface area contributed by atoms with Crippen LogP contribution in [0.5, 0.6) is 5.75 Å². The van der Waals surface area contributed by atoms with Gasteiger partial charge in [-0.3, -0.25) is 19.4 Å². The van der Waals surface area contributed by atoms with Gasteiger partial charge in [-0.1, -0.05) is 12.1 Å². The maximum absolute atomic E-state index is 12.8. The molecule has 0 aromatic heterocycles. The van der Waals surface area contributed by atoms with E-state index >= 15 is 0 Å². The summed E-state index contributed by atoms with van der Waals surface area (Å²) in [5.74, 6) is -3.69. The van der Waals surface area contributed by atoms with Gasteiger partial charge in [0, 0.05) is 13.0 Å². The molecule has 194 valence electrons. The number of carboxylic acids is 1. The number of aliphatic hydroxyl groups excluding tert-OH is 1. The lowest BCUT2D eigenvalue weighted by Crippen LogP contribution is -2.54. The summed E-state index contributed by atoms with van der Waals surface area (Å²) in [6.07, 6.45) is -0.844. The SMILES string of the molecule is CC(O)C(N)C(=O)NCC(=O)NC(CCCN=C(N)N)C(=O)NC(Cc1ccc(O)cc1)C(=O)O. The topological polar surface area (TPSA) is 255 Å². The smallest absolute Gasteiger partial charge is 0.326 e. The molecule has 0 saturated carbocycles. The number of aliphatic hydroxyl groups is 1. The maximum Gasteiger partial charge on any atom is 0.326 e. The average molecular weight is 496 g/mol. The number of phenolic OH excluding ortho intramolecular Hbond substituents is 1. The third-order valence-corrected chi connectivity index (χ3v) is 4.83. The van der Waals surface area contributed by atoms with E-state index in [0.717, 1.165) is 0 Å². The largest absolute Gasteiger partial charge is 0.508 e. The van der Waals surface area contributed by atoms with E-state index in [1.165, 1.54) is 31.2 Å². The van der Waals surface area contributed by atoms with Crippen LogP contribution in [-0.2, 0) is 25.6 Å². The molecule has 1 aromatic rings. The highest BCUT2D eigenvalue weighted by Crippen LogP contribution is 2.12. The molecular weight excluding hydrogens is 462 g/mol. The molecule has 0 radical (unpaired) electrons. The fourth-order valence-electron chi connectivity index (χ4n) is 2.86. The van der Waals surface area contributed by atoms with Gasteiger partial charge in [-0.05, 0) is 37.5 Å². The van der Waals surface area contributed by atoms with Crippen LogP contribution in [0.4, 0.5) is 0 Å². The molecule has 0 heterocycles. The first-order valence-corrected chi connectivity index (χ1v) is 10.8. The molecule has 0 aliphatic carbocycles. The molecule has 0 saturated heterocycles. The first-order chi connectivity index (χ1) is 16.4. The van der Waals surface area contributed by atoms with Gasteiger partial charge in [0.25, 0.3) is 0 Å². The summed E-state index contributed by atoms with van der Waals surface area (Å²) in [5, 5.41) is 35.4. The number of aliphatic imine (C=N–C) groups is 1. The normalized spacial score (nSPS) is 14.0. The third-order valence-electron chi connectivity index (χ3n) is 4.83. The number of hydrogen-bond acceptors (Lipinski definition) is 8. The van der Waals surface area contributed by atoms with Crippen molar-refractivity contribution in [1.29, 1.82) is 0 Å². The summed E-state index contributed by atoms with van der Waals surface area (Å²) in [6.45, 7) is 0.961. The molecule has 0 aliphatic rings. The van der Waals surface area contributed by atoms with E-state index in [1.807, 2.05) is 0 Å². The van der Waals surface area contributed by atoms with Crippen molar-refractivity contribution in [2.45, 2.75) is 50.4 Å². The van der Waals surface area contributed by atoms with Crippen molar-refractivity contribution in [3.05, 3.63) is 29.8 Å². The Morgan fingerprint density at radius 3 is 2.20 bits per heavy atom. The average Bonchev–Trinajstić information content (AvgIpc) is 2.79. The van der Waals surface area contributed by atoms with Gasteiger partial charge in [-0.2, -0.15) is 0 Å². The number of guanidine groups is 1. The summed E-state index contributed by atoms with van der Waals surface area (Å²) >= 11 is 0. The van der Waals surface area contributed by atoms with Crippen molar-refractivity contribution >= 4 is 29.7 Å². The minimum absolute atomic E-state index is 0.00899. The number of amides is 3.